The molecule has 11 nitrogen and oxygen atoms in total. The maximum absolute atomic E-state index is 15.4. The molecule has 0 unspecified atom stereocenters. The fourth-order valence-electron chi connectivity index (χ4n) is 4.89. The van der Waals surface area contributed by atoms with Gasteiger partial charge >= 0.3 is 11.9 Å². The fraction of sp³-hybridized carbons (Fsp3) is 0.419. The van der Waals surface area contributed by atoms with Crippen LogP contribution in [-0.2, 0) is 27.5 Å². The summed E-state index contributed by atoms with van der Waals surface area (Å²) in [6.45, 7) is 2.98. The van der Waals surface area contributed by atoms with Gasteiger partial charge in [-0.05, 0) is 17.5 Å². The van der Waals surface area contributed by atoms with Crippen LogP contribution in [0.25, 0.3) is 10.1 Å². The zero-order valence-corrected chi connectivity index (χ0v) is 27.7. The minimum absolute atomic E-state index is 0.00274. The highest BCUT2D eigenvalue weighted by Gasteiger charge is 2.34. The Bertz CT molecular complexity index is 1690. The third kappa shape index (κ3) is 7.26. The highest BCUT2D eigenvalue weighted by atomic mass is 35.5. The van der Waals surface area contributed by atoms with Crippen LogP contribution in [0.15, 0.2) is 12.1 Å². The van der Waals surface area contributed by atoms with Crippen molar-refractivity contribution in [2.75, 3.05) is 27.4 Å². The summed E-state index contributed by atoms with van der Waals surface area (Å²) in [6.07, 6.45) is -0.0650. The molecule has 46 heavy (non-hydrogen) atoms. The average Bonchev–Trinajstić information content (AvgIpc) is 3.65. The van der Waals surface area contributed by atoms with Crippen molar-refractivity contribution < 1.29 is 52.7 Å². The number of nitrogens with zero attached hydrogens (tertiary/aromatic N) is 1. The fourth-order valence-corrected chi connectivity index (χ4v) is 6.62. The van der Waals surface area contributed by atoms with E-state index in [9.17, 15) is 19.2 Å². The Hall–Kier alpha value is -3.81. The molecule has 0 spiro atoms. The van der Waals surface area contributed by atoms with Crippen LogP contribution in [0.2, 0.25) is 10.0 Å². The van der Waals surface area contributed by atoms with Gasteiger partial charge in [-0.1, -0.05) is 37.0 Å². The first-order valence-electron chi connectivity index (χ1n) is 14.2. The Labute approximate surface area is 277 Å². The van der Waals surface area contributed by atoms with Crippen LogP contribution in [0.1, 0.15) is 53.9 Å². The summed E-state index contributed by atoms with van der Waals surface area (Å²) in [4.78, 5) is 49.3. The number of carbonyl (C=O) groups is 4. The Morgan fingerprint density at radius 3 is 2.13 bits per heavy atom. The number of ketones is 1. The van der Waals surface area contributed by atoms with E-state index in [1.807, 2.05) is 0 Å². The monoisotopic (exact) mass is 699 g/mol. The van der Waals surface area contributed by atoms with Crippen molar-refractivity contribution in [1.82, 2.24) is 4.90 Å². The molecule has 0 fully saturated rings. The van der Waals surface area contributed by atoms with Crippen LogP contribution >= 0.6 is 34.5 Å². The largest absolute Gasteiger partial charge is 0.491 e. The minimum Gasteiger partial charge on any atom is -0.491 e. The average molecular weight is 701 g/mol. The Balaban J connectivity index is 1.43. The van der Waals surface area contributed by atoms with Crippen molar-refractivity contribution >= 4 is 68.3 Å². The molecule has 3 aromatic rings. The van der Waals surface area contributed by atoms with Crippen molar-refractivity contribution in [3.05, 3.63) is 44.0 Å². The standard InChI is InChI=1S/C31H32Cl2FNO10S/c1-14(30(38)39)8-19(36)21-11-16-10-20(26(42-3)24(33)29(16)46-21)44-6-5-7-45-27-23(32)17-12-35(22(37)9-15(2)31(40)41)13-18(17)25(34)28(27)43-4/h10-11,14-15H,5-9,12-13H2,1-4H3,(H,38,39)(H,40,41)/t14-,15-/m0/s1. The zero-order chi connectivity index (χ0) is 33.9. The molecule has 15 heteroatoms. The number of carbonyl (C=O) groups excluding carboxylic acids is 2. The lowest BCUT2D eigenvalue weighted by Crippen LogP contribution is -2.28. The summed E-state index contributed by atoms with van der Waals surface area (Å²) in [5.41, 5.74) is 0.546. The summed E-state index contributed by atoms with van der Waals surface area (Å²) in [5.74, 6) is -5.00. The number of halogens is 3. The van der Waals surface area contributed by atoms with Gasteiger partial charge in [0.15, 0.2) is 34.6 Å². The first kappa shape index (κ1) is 35.1. The van der Waals surface area contributed by atoms with Crippen molar-refractivity contribution in [2.45, 2.75) is 46.2 Å². The van der Waals surface area contributed by atoms with Gasteiger partial charge in [0.1, 0.15) is 5.02 Å². The number of benzene rings is 2. The van der Waals surface area contributed by atoms with E-state index in [1.54, 1.807) is 12.1 Å². The number of carboxylic acid groups (broad SMARTS) is 2. The molecule has 2 atom stereocenters. The number of hydrogen-bond acceptors (Lipinski definition) is 9. The summed E-state index contributed by atoms with van der Waals surface area (Å²) in [7, 11) is 2.70. The lowest BCUT2D eigenvalue weighted by Gasteiger charge is -2.17. The number of ether oxygens (including phenoxy) is 4. The van der Waals surface area contributed by atoms with Gasteiger partial charge in [0.25, 0.3) is 0 Å². The number of hydrogen-bond donors (Lipinski definition) is 2. The van der Waals surface area contributed by atoms with Gasteiger partial charge in [0.2, 0.25) is 5.91 Å². The Morgan fingerprint density at radius 2 is 1.50 bits per heavy atom. The van der Waals surface area contributed by atoms with E-state index in [0.29, 0.717) is 32.7 Å². The van der Waals surface area contributed by atoms with E-state index in [-0.39, 0.29) is 77.8 Å². The van der Waals surface area contributed by atoms with Gasteiger partial charge in [-0.15, -0.1) is 11.3 Å². The molecular weight excluding hydrogens is 668 g/mol. The van der Waals surface area contributed by atoms with Crippen LogP contribution in [-0.4, -0.2) is 66.2 Å². The molecule has 2 N–H and O–H groups in total. The second-order valence-electron chi connectivity index (χ2n) is 10.8. The third-order valence-electron chi connectivity index (χ3n) is 7.51. The third-order valence-corrected chi connectivity index (χ3v) is 9.59. The number of rotatable bonds is 15. The molecular formula is C31H32Cl2FNO10S. The van der Waals surface area contributed by atoms with Crippen LogP contribution in [0.5, 0.6) is 23.0 Å². The Kier molecular flexibility index (Phi) is 11.2. The molecule has 2 heterocycles. The lowest BCUT2D eigenvalue weighted by molar-refractivity contribution is -0.145. The molecule has 4 rings (SSSR count). The molecule has 2 aromatic carbocycles. The van der Waals surface area contributed by atoms with Crippen LogP contribution in [0, 0.1) is 17.7 Å². The van der Waals surface area contributed by atoms with E-state index in [0.717, 1.165) is 11.3 Å². The summed E-state index contributed by atoms with van der Waals surface area (Å²) in [6, 6.07) is 3.31. The molecule has 248 valence electrons. The number of carboxylic acids is 2. The maximum atomic E-state index is 15.4. The molecule has 0 aliphatic carbocycles. The quantitative estimate of drug-likeness (QED) is 0.134. The van der Waals surface area contributed by atoms with E-state index < -0.39 is 35.5 Å². The molecule has 0 radical (unpaired) electrons. The van der Waals surface area contributed by atoms with Gasteiger partial charge in [0, 0.05) is 43.5 Å². The summed E-state index contributed by atoms with van der Waals surface area (Å²) in [5, 5.41) is 19.2. The van der Waals surface area contributed by atoms with Gasteiger partial charge in [-0.25, -0.2) is 4.39 Å². The summed E-state index contributed by atoms with van der Waals surface area (Å²) >= 11 is 14.3. The van der Waals surface area contributed by atoms with E-state index in [4.69, 9.17) is 52.4 Å². The maximum Gasteiger partial charge on any atom is 0.306 e. The van der Waals surface area contributed by atoms with Crippen molar-refractivity contribution in [3.63, 3.8) is 0 Å². The van der Waals surface area contributed by atoms with Crippen molar-refractivity contribution in [3.8, 4) is 23.0 Å². The van der Waals surface area contributed by atoms with Crippen LogP contribution in [0.4, 0.5) is 4.39 Å². The van der Waals surface area contributed by atoms with Crippen LogP contribution in [0.3, 0.4) is 0 Å². The highest BCUT2D eigenvalue weighted by Crippen LogP contribution is 2.47. The van der Waals surface area contributed by atoms with Gasteiger partial charge in [-0.3, -0.25) is 19.2 Å². The first-order chi connectivity index (χ1) is 21.8. The summed E-state index contributed by atoms with van der Waals surface area (Å²) < 4.78 is 38.5. The van der Waals surface area contributed by atoms with Crippen molar-refractivity contribution in [2.24, 2.45) is 11.8 Å². The van der Waals surface area contributed by atoms with Gasteiger partial charge in [0.05, 0.1) is 53.9 Å². The van der Waals surface area contributed by atoms with Crippen LogP contribution < -0.4 is 18.9 Å². The number of amides is 1. The van der Waals surface area contributed by atoms with E-state index in [2.05, 4.69) is 0 Å². The SMILES string of the molecule is COc1c(F)c2c(c(Cl)c1OCCCOc1cc3cc(C(=O)C[C@H](C)C(=O)O)sc3c(Cl)c1OC)CN(C(=O)C[C@H](C)C(=O)O)C2. The number of methoxy groups -OCH3 is 2. The van der Waals surface area contributed by atoms with Gasteiger partial charge in [-0.2, -0.15) is 0 Å². The smallest absolute Gasteiger partial charge is 0.306 e. The topological polar surface area (TPSA) is 149 Å². The molecule has 1 aromatic heterocycles. The van der Waals surface area contributed by atoms with E-state index >= 15 is 4.39 Å². The molecule has 0 saturated heterocycles. The minimum atomic E-state index is -1.10. The number of fused-ring (bicyclic) bond motifs is 2. The lowest BCUT2D eigenvalue weighted by atomic mass is 10.0. The van der Waals surface area contributed by atoms with Gasteiger partial charge < -0.3 is 34.1 Å². The molecule has 0 saturated carbocycles. The predicted molar refractivity (Wildman–Crippen MR) is 168 cm³/mol. The molecule has 1 aliphatic rings. The highest BCUT2D eigenvalue weighted by molar-refractivity contribution is 7.21. The Morgan fingerprint density at radius 1 is 0.891 bits per heavy atom. The molecule has 1 amide bonds. The normalized spacial score (nSPS) is 13.7. The molecule has 1 aliphatic heterocycles. The second-order valence-corrected chi connectivity index (χ2v) is 12.6. The number of Topliss-reactive ketones (excluding diaryl/α,β-unsaturated/α-hetero) is 1. The predicted octanol–water partition coefficient (Wildman–Crippen LogP) is 6.46. The van der Waals surface area contributed by atoms with E-state index in [1.165, 1.54) is 33.0 Å². The first-order valence-corrected chi connectivity index (χ1v) is 15.7. The molecule has 0 bridgehead atoms. The second kappa shape index (κ2) is 14.7. The zero-order valence-electron chi connectivity index (χ0n) is 25.4. The van der Waals surface area contributed by atoms with Crippen molar-refractivity contribution in [1.29, 1.82) is 0 Å². The number of aliphatic carboxylic acids is 2. The number of thiophene rings is 1.